The van der Waals surface area contributed by atoms with E-state index in [0.29, 0.717) is 41.4 Å². The Bertz CT molecular complexity index is 1760. The summed E-state index contributed by atoms with van der Waals surface area (Å²) in [6, 6.07) is 18.7. The molecule has 1 atom stereocenters. The average Bonchev–Trinajstić information content (AvgIpc) is 3.31. The summed E-state index contributed by atoms with van der Waals surface area (Å²) in [6.45, 7) is 4.71. The first-order valence-corrected chi connectivity index (χ1v) is 15.1. The summed E-state index contributed by atoms with van der Waals surface area (Å²) in [5.74, 6) is 0.696. The standard InChI is InChI=1S/C34H34Cl2N4O3/c1-34(2)16-28-32(30(41)17-34)33(20-8-10-24(35)25(36)14-20)40(29-7-5-4-6-27(29)39-28)19-31(42)37-13-12-21-18-38-26-11-9-22(43-3)15-23(21)26/h4-11,14-15,18,33,38-39H,12-13,16-17,19H2,1-3H3,(H,37,42). The summed E-state index contributed by atoms with van der Waals surface area (Å²) in [5, 5.41) is 8.58. The molecule has 0 spiro atoms. The minimum absolute atomic E-state index is 0.0404. The largest absolute Gasteiger partial charge is 0.497 e. The van der Waals surface area contributed by atoms with Crippen molar-refractivity contribution in [1.29, 1.82) is 0 Å². The Labute approximate surface area is 261 Å². The summed E-state index contributed by atoms with van der Waals surface area (Å²) in [6.07, 6.45) is 3.74. The molecule has 0 fully saturated rings. The molecule has 222 valence electrons. The van der Waals surface area contributed by atoms with Gasteiger partial charge in [-0.2, -0.15) is 0 Å². The molecule has 1 aliphatic heterocycles. The number of carbonyl (C=O) groups is 2. The highest BCUT2D eigenvalue weighted by Gasteiger charge is 2.42. The maximum Gasteiger partial charge on any atom is 0.239 e. The van der Waals surface area contributed by atoms with Crippen molar-refractivity contribution in [2.75, 3.05) is 30.4 Å². The zero-order valence-electron chi connectivity index (χ0n) is 24.4. The van der Waals surface area contributed by atoms with Gasteiger partial charge in [0.1, 0.15) is 5.75 Å². The number of anilines is 2. The highest BCUT2D eigenvalue weighted by Crippen LogP contribution is 2.48. The van der Waals surface area contributed by atoms with Crippen LogP contribution in [-0.4, -0.2) is 36.9 Å². The molecule has 2 heterocycles. The first kappa shape index (κ1) is 29.1. The van der Waals surface area contributed by atoms with Gasteiger partial charge in [0.05, 0.1) is 41.1 Å². The van der Waals surface area contributed by atoms with Crippen molar-refractivity contribution in [2.24, 2.45) is 5.41 Å². The lowest BCUT2D eigenvalue weighted by Gasteiger charge is -2.38. The van der Waals surface area contributed by atoms with Crippen LogP contribution in [0.1, 0.15) is 43.9 Å². The number of methoxy groups -OCH3 is 1. The number of Topliss-reactive ketones (excluding diaryl/α,β-unsaturated/α-hetero) is 1. The number of halogens is 2. The highest BCUT2D eigenvalue weighted by molar-refractivity contribution is 6.42. The Morgan fingerprint density at radius 1 is 1.07 bits per heavy atom. The van der Waals surface area contributed by atoms with E-state index in [0.717, 1.165) is 44.9 Å². The molecule has 4 aromatic rings. The van der Waals surface area contributed by atoms with Crippen molar-refractivity contribution in [3.63, 3.8) is 0 Å². The number of H-pyrrole nitrogens is 1. The quantitative estimate of drug-likeness (QED) is 0.201. The Morgan fingerprint density at radius 2 is 1.88 bits per heavy atom. The number of hydrogen-bond acceptors (Lipinski definition) is 5. The van der Waals surface area contributed by atoms with Gasteiger partial charge >= 0.3 is 0 Å². The van der Waals surface area contributed by atoms with Gasteiger partial charge in [0, 0.05) is 41.3 Å². The van der Waals surface area contributed by atoms with E-state index in [1.165, 1.54) is 0 Å². The van der Waals surface area contributed by atoms with Gasteiger partial charge in [0.25, 0.3) is 0 Å². The molecule has 1 aromatic heterocycles. The van der Waals surface area contributed by atoms with E-state index in [-0.39, 0.29) is 23.7 Å². The van der Waals surface area contributed by atoms with Gasteiger partial charge in [-0.1, -0.05) is 55.2 Å². The summed E-state index contributed by atoms with van der Waals surface area (Å²) >= 11 is 12.8. The number of fused-ring (bicyclic) bond motifs is 2. The molecule has 1 aliphatic carbocycles. The summed E-state index contributed by atoms with van der Waals surface area (Å²) < 4.78 is 5.39. The fourth-order valence-electron chi connectivity index (χ4n) is 6.29. The van der Waals surface area contributed by atoms with Gasteiger partial charge in [-0.3, -0.25) is 9.59 Å². The lowest BCUT2D eigenvalue weighted by molar-refractivity contribution is -0.120. The third-order valence-electron chi connectivity index (χ3n) is 8.27. The number of amides is 1. The van der Waals surface area contributed by atoms with Crippen LogP contribution in [0.5, 0.6) is 5.75 Å². The van der Waals surface area contributed by atoms with E-state index in [1.807, 2.05) is 59.6 Å². The number of aromatic nitrogens is 1. The molecular weight excluding hydrogens is 583 g/mol. The predicted molar refractivity (Wildman–Crippen MR) is 173 cm³/mol. The van der Waals surface area contributed by atoms with Crippen molar-refractivity contribution in [3.8, 4) is 5.75 Å². The summed E-state index contributed by atoms with van der Waals surface area (Å²) in [4.78, 5) is 32.8. The second kappa shape index (κ2) is 11.6. The molecule has 3 N–H and O–H groups in total. The van der Waals surface area contributed by atoms with Crippen molar-refractivity contribution in [2.45, 2.75) is 39.2 Å². The smallest absolute Gasteiger partial charge is 0.239 e. The van der Waals surface area contributed by atoms with E-state index < -0.39 is 6.04 Å². The normalized spacial score (nSPS) is 17.7. The van der Waals surface area contributed by atoms with Gasteiger partial charge in [-0.05, 0) is 71.8 Å². The first-order valence-electron chi connectivity index (χ1n) is 14.4. The van der Waals surface area contributed by atoms with Crippen molar-refractivity contribution >= 4 is 57.2 Å². The van der Waals surface area contributed by atoms with Gasteiger partial charge < -0.3 is 25.3 Å². The molecule has 7 nitrogen and oxygen atoms in total. The zero-order chi connectivity index (χ0) is 30.3. The third-order valence-corrected chi connectivity index (χ3v) is 9.01. The molecule has 1 amide bonds. The maximum absolute atomic E-state index is 13.9. The van der Waals surface area contributed by atoms with Crippen LogP contribution in [0.2, 0.25) is 10.0 Å². The number of allylic oxidation sites excluding steroid dienone is 1. The SMILES string of the molecule is COc1ccc2[nH]cc(CCNC(=O)CN3c4ccccc4NC4=C(C(=O)CC(C)(C)C4)C3c3ccc(Cl)c(Cl)c3)c2c1. The van der Waals surface area contributed by atoms with Crippen molar-refractivity contribution in [3.05, 3.63) is 99.3 Å². The number of benzene rings is 3. The van der Waals surface area contributed by atoms with Gasteiger partial charge in [0.15, 0.2) is 5.78 Å². The molecule has 43 heavy (non-hydrogen) atoms. The second-order valence-electron chi connectivity index (χ2n) is 12.0. The van der Waals surface area contributed by atoms with Gasteiger partial charge in [0.2, 0.25) is 5.91 Å². The predicted octanol–water partition coefficient (Wildman–Crippen LogP) is 7.46. The Kier molecular flexibility index (Phi) is 7.88. The van der Waals surface area contributed by atoms with Gasteiger partial charge in [-0.25, -0.2) is 0 Å². The molecule has 3 aromatic carbocycles. The number of ether oxygens (including phenoxy) is 1. The minimum Gasteiger partial charge on any atom is -0.497 e. The number of carbonyl (C=O) groups excluding carboxylic acids is 2. The fraction of sp³-hybridized carbons (Fsp3) is 0.294. The van der Waals surface area contributed by atoms with E-state index in [9.17, 15) is 9.59 Å². The number of nitrogens with one attached hydrogen (secondary N) is 3. The Hall–Kier alpha value is -3.94. The number of aromatic amines is 1. The topological polar surface area (TPSA) is 86.5 Å². The molecule has 2 aliphatic rings. The van der Waals surface area contributed by atoms with E-state index in [1.54, 1.807) is 19.2 Å². The molecule has 6 rings (SSSR count). The first-order chi connectivity index (χ1) is 20.6. The lowest BCUT2D eigenvalue weighted by Crippen LogP contribution is -2.42. The average molecular weight is 618 g/mol. The second-order valence-corrected chi connectivity index (χ2v) is 12.8. The molecular formula is C34H34Cl2N4O3. The molecule has 0 saturated heterocycles. The summed E-state index contributed by atoms with van der Waals surface area (Å²) in [7, 11) is 1.65. The third kappa shape index (κ3) is 5.84. The number of nitrogens with zero attached hydrogens (tertiary/aromatic N) is 1. The molecule has 0 bridgehead atoms. The fourth-order valence-corrected chi connectivity index (χ4v) is 6.60. The zero-order valence-corrected chi connectivity index (χ0v) is 25.9. The number of para-hydroxylation sites is 2. The maximum atomic E-state index is 13.9. The summed E-state index contributed by atoms with van der Waals surface area (Å²) in [5.41, 5.74) is 5.94. The van der Waals surface area contributed by atoms with Crippen LogP contribution in [0.4, 0.5) is 11.4 Å². The number of hydrogen-bond donors (Lipinski definition) is 3. The van der Waals surface area contributed by atoms with E-state index in [2.05, 4.69) is 29.5 Å². The number of rotatable bonds is 7. The van der Waals surface area contributed by atoms with Crippen LogP contribution in [0.15, 0.2) is 78.1 Å². The van der Waals surface area contributed by atoms with E-state index >= 15 is 0 Å². The minimum atomic E-state index is -0.531. The van der Waals surface area contributed by atoms with Crippen molar-refractivity contribution in [1.82, 2.24) is 10.3 Å². The Morgan fingerprint density at radius 3 is 2.67 bits per heavy atom. The van der Waals surface area contributed by atoms with Crippen LogP contribution >= 0.6 is 23.2 Å². The van der Waals surface area contributed by atoms with Gasteiger partial charge in [-0.15, -0.1) is 0 Å². The molecule has 1 unspecified atom stereocenters. The molecule has 0 saturated carbocycles. The van der Waals surface area contributed by atoms with Crippen LogP contribution in [0.3, 0.4) is 0 Å². The van der Waals surface area contributed by atoms with Crippen LogP contribution in [0.25, 0.3) is 10.9 Å². The molecule has 0 radical (unpaired) electrons. The number of ketones is 1. The Balaban J connectivity index is 1.32. The van der Waals surface area contributed by atoms with Crippen molar-refractivity contribution < 1.29 is 14.3 Å². The van der Waals surface area contributed by atoms with E-state index in [4.69, 9.17) is 27.9 Å². The van der Waals surface area contributed by atoms with Crippen LogP contribution in [-0.2, 0) is 16.0 Å². The highest BCUT2D eigenvalue weighted by atomic mass is 35.5. The van der Waals surface area contributed by atoms with Crippen LogP contribution < -0.4 is 20.3 Å². The lowest BCUT2D eigenvalue weighted by atomic mass is 9.73. The monoisotopic (exact) mass is 616 g/mol. The molecule has 9 heteroatoms. The van der Waals surface area contributed by atoms with Crippen LogP contribution in [0, 0.1) is 5.41 Å².